The Labute approximate surface area is 114 Å². The van der Waals surface area contributed by atoms with E-state index in [1.807, 2.05) is 42.7 Å². The maximum absolute atomic E-state index is 12.0. The first-order chi connectivity index (χ1) is 9.31. The van der Waals surface area contributed by atoms with Crippen LogP contribution in [0.1, 0.15) is 42.4 Å². The minimum Gasteiger partial charge on any atom is -0.335 e. The van der Waals surface area contributed by atoms with Crippen LogP contribution in [0.25, 0.3) is 0 Å². The smallest absolute Gasteiger partial charge is 0.162 e. The predicted octanol–water partition coefficient (Wildman–Crippen LogP) is 3.50. The fraction of sp³-hybridized carbons (Fsp3) is 0.375. The first-order valence-corrected chi connectivity index (χ1v) is 6.89. The van der Waals surface area contributed by atoms with Crippen LogP contribution >= 0.6 is 0 Å². The van der Waals surface area contributed by atoms with Crippen LogP contribution in [0, 0.1) is 0 Å². The van der Waals surface area contributed by atoms with Gasteiger partial charge in [0.05, 0.1) is 0 Å². The van der Waals surface area contributed by atoms with Gasteiger partial charge in [-0.3, -0.25) is 4.79 Å². The van der Waals surface area contributed by atoms with Crippen molar-refractivity contribution < 1.29 is 4.79 Å². The van der Waals surface area contributed by atoms with E-state index in [1.54, 1.807) is 0 Å². The Morgan fingerprint density at radius 2 is 2.05 bits per heavy atom. The molecule has 0 amide bonds. The molecule has 19 heavy (non-hydrogen) atoms. The number of hydrogen-bond donors (Lipinski definition) is 0. The van der Waals surface area contributed by atoms with Crippen LogP contribution in [0.3, 0.4) is 0 Å². The van der Waals surface area contributed by atoms with Crippen LogP contribution in [-0.4, -0.2) is 15.3 Å². The Bertz CT molecular complexity index is 517. The Kier molecular flexibility index (Phi) is 4.90. The molecule has 0 saturated heterocycles. The third kappa shape index (κ3) is 3.78. The zero-order valence-electron chi connectivity index (χ0n) is 11.4. The number of imidazole rings is 1. The van der Waals surface area contributed by atoms with Crippen LogP contribution in [0.2, 0.25) is 0 Å². The fourth-order valence-corrected chi connectivity index (χ4v) is 2.17. The van der Waals surface area contributed by atoms with Crippen LogP contribution in [0.5, 0.6) is 0 Å². The zero-order valence-corrected chi connectivity index (χ0v) is 11.4. The number of carbonyl (C=O) groups excluding carboxylic acids is 1. The summed E-state index contributed by atoms with van der Waals surface area (Å²) in [7, 11) is 0. The van der Waals surface area contributed by atoms with E-state index in [0.717, 1.165) is 37.2 Å². The molecule has 3 heteroatoms. The summed E-state index contributed by atoms with van der Waals surface area (Å²) in [4.78, 5) is 16.3. The highest BCUT2D eigenvalue weighted by Crippen LogP contribution is 2.08. The van der Waals surface area contributed by atoms with Gasteiger partial charge in [-0.1, -0.05) is 37.3 Å². The number of Topliss-reactive ketones (excluding diaryl/α,β-unsaturated/α-hetero) is 1. The lowest BCUT2D eigenvalue weighted by Gasteiger charge is -2.06. The highest BCUT2D eigenvalue weighted by molar-refractivity contribution is 5.95. The molecule has 0 unspecified atom stereocenters. The molecule has 0 fully saturated rings. The Morgan fingerprint density at radius 1 is 1.26 bits per heavy atom. The first-order valence-electron chi connectivity index (χ1n) is 6.89. The second-order valence-electron chi connectivity index (χ2n) is 4.68. The van der Waals surface area contributed by atoms with Crippen molar-refractivity contribution in [1.29, 1.82) is 0 Å². The average Bonchev–Trinajstić information content (AvgIpc) is 2.88. The van der Waals surface area contributed by atoms with Gasteiger partial charge in [-0.2, -0.15) is 0 Å². The molecular weight excluding hydrogens is 236 g/mol. The summed E-state index contributed by atoms with van der Waals surface area (Å²) < 4.78 is 2.15. The van der Waals surface area contributed by atoms with Gasteiger partial charge in [-0.15, -0.1) is 0 Å². The van der Waals surface area contributed by atoms with Crippen molar-refractivity contribution in [3.8, 4) is 0 Å². The van der Waals surface area contributed by atoms with Crippen molar-refractivity contribution in [1.82, 2.24) is 9.55 Å². The standard InChI is InChI=1S/C16H20N2O/c1-2-7-16-17-11-13-18(16)12-6-10-15(19)14-8-4-3-5-9-14/h3-5,8-9,11,13H,2,6-7,10,12H2,1H3. The molecule has 1 heterocycles. The van der Waals surface area contributed by atoms with Gasteiger partial charge in [0.15, 0.2) is 5.78 Å². The monoisotopic (exact) mass is 256 g/mol. The predicted molar refractivity (Wildman–Crippen MR) is 76.2 cm³/mol. The van der Waals surface area contributed by atoms with Crippen LogP contribution < -0.4 is 0 Å². The third-order valence-corrected chi connectivity index (χ3v) is 3.17. The van der Waals surface area contributed by atoms with E-state index >= 15 is 0 Å². The summed E-state index contributed by atoms with van der Waals surface area (Å²) in [6, 6.07) is 9.49. The van der Waals surface area contributed by atoms with E-state index in [-0.39, 0.29) is 5.78 Å². The molecule has 0 saturated carbocycles. The minimum absolute atomic E-state index is 0.220. The lowest BCUT2D eigenvalue weighted by Crippen LogP contribution is -2.06. The maximum atomic E-state index is 12.0. The molecule has 3 nitrogen and oxygen atoms in total. The van der Waals surface area contributed by atoms with Gasteiger partial charge in [-0.05, 0) is 12.8 Å². The number of benzene rings is 1. The summed E-state index contributed by atoms with van der Waals surface area (Å²) in [5.41, 5.74) is 0.807. The first kappa shape index (κ1) is 13.5. The SMILES string of the molecule is CCCc1nccn1CCCC(=O)c1ccccc1. The van der Waals surface area contributed by atoms with E-state index in [9.17, 15) is 4.79 Å². The van der Waals surface area contributed by atoms with E-state index < -0.39 is 0 Å². The normalized spacial score (nSPS) is 10.6. The largest absolute Gasteiger partial charge is 0.335 e. The second kappa shape index (κ2) is 6.88. The van der Waals surface area contributed by atoms with E-state index in [1.165, 1.54) is 0 Å². The highest BCUT2D eigenvalue weighted by Gasteiger charge is 2.06. The molecule has 0 aliphatic carbocycles. The van der Waals surface area contributed by atoms with Gasteiger partial charge >= 0.3 is 0 Å². The molecule has 1 aromatic heterocycles. The Morgan fingerprint density at radius 3 is 2.79 bits per heavy atom. The molecule has 1 aromatic carbocycles. The maximum Gasteiger partial charge on any atom is 0.162 e. The van der Waals surface area contributed by atoms with Gasteiger partial charge in [0.2, 0.25) is 0 Å². The average molecular weight is 256 g/mol. The van der Waals surface area contributed by atoms with Crippen molar-refractivity contribution in [3.05, 3.63) is 54.1 Å². The van der Waals surface area contributed by atoms with Gasteiger partial charge < -0.3 is 4.57 Å². The van der Waals surface area contributed by atoms with Crippen molar-refractivity contribution in [2.45, 2.75) is 39.2 Å². The summed E-state index contributed by atoms with van der Waals surface area (Å²) in [6.07, 6.45) is 7.39. The number of carbonyl (C=O) groups is 1. The molecular formula is C16H20N2O. The highest BCUT2D eigenvalue weighted by atomic mass is 16.1. The molecule has 100 valence electrons. The molecule has 0 aliphatic rings. The number of ketones is 1. The molecule has 0 spiro atoms. The Hall–Kier alpha value is -1.90. The van der Waals surface area contributed by atoms with E-state index in [2.05, 4.69) is 16.5 Å². The second-order valence-corrected chi connectivity index (χ2v) is 4.68. The molecule has 0 bridgehead atoms. The lowest BCUT2D eigenvalue weighted by molar-refractivity contribution is 0.0978. The van der Waals surface area contributed by atoms with Gasteiger partial charge in [0.25, 0.3) is 0 Å². The quantitative estimate of drug-likeness (QED) is 0.711. The van der Waals surface area contributed by atoms with E-state index in [0.29, 0.717) is 6.42 Å². The number of aromatic nitrogens is 2. The van der Waals surface area contributed by atoms with Crippen LogP contribution in [-0.2, 0) is 13.0 Å². The number of nitrogens with zero attached hydrogens (tertiary/aromatic N) is 2. The summed E-state index contributed by atoms with van der Waals surface area (Å²) in [5, 5.41) is 0. The molecule has 0 radical (unpaired) electrons. The van der Waals surface area contributed by atoms with Crippen LogP contribution in [0.15, 0.2) is 42.7 Å². The molecule has 0 aliphatic heterocycles. The van der Waals surface area contributed by atoms with Gasteiger partial charge in [-0.25, -0.2) is 4.98 Å². The van der Waals surface area contributed by atoms with Gasteiger partial charge in [0, 0.05) is 37.3 Å². The molecule has 2 aromatic rings. The van der Waals surface area contributed by atoms with Crippen molar-refractivity contribution in [2.75, 3.05) is 0 Å². The molecule has 0 atom stereocenters. The van der Waals surface area contributed by atoms with Crippen molar-refractivity contribution in [2.24, 2.45) is 0 Å². The van der Waals surface area contributed by atoms with Crippen LogP contribution in [0.4, 0.5) is 0 Å². The molecule has 2 rings (SSSR count). The number of rotatable bonds is 7. The Balaban J connectivity index is 1.83. The topological polar surface area (TPSA) is 34.9 Å². The lowest BCUT2D eigenvalue weighted by atomic mass is 10.1. The van der Waals surface area contributed by atoms with E-state index in [4.69, 9.17) is 0 Å². The van der Waals surface area contributed by atoms with Crippen molar-refractivity contribution in [3.63, 3.8) is 0 Å². The zero-order chi connectivity index (χ0) is 13.5. The van der Waals surface area contributed by atoms with Crippen molar-refractivity contribution >= 4 is 5.78 Å². The summed E-state index contributed by atoms with van der Waals surface area (Å²) >= 11 is 0. The third-order valence-electron chi connectivity index (χ3n) is 3.17. The number of aryl methyl sites for hydroxylation is 2. The summed E-state index contributed by atoms with van der Waals surface area (Å²) in [5.74, 6) is 1.34. The molecule has 0 N–H and O–H groups in total. The number of hydrogen-bond acceptors (Lipinski definition) is 2. The minimum atomic E-state index is 0.220. The van der Waals surface area contributed by atoms with Gasteiger partial charge in [0.1, 0.15) is 5.82 Å². The summed E-state index contributed by atoms with van der Waals surface area (Å²) in [6.45, 7) is 3.02. The fourth-order valence-electron chi connectivity index (χ4n) is 2.17.